The Balaban J connectivity index is 1.79. The average Bonchev–Trinajstić information content (AvgIpc) is 2.43. The summed E-state index contributed by atoms with van der Waals surface area (Å²) in [6, 6.07) is 12.0. The average molecular weight is 285 g/mol. The molecule has 3 nitrogen and oxygen atoms in total. The monoisotopic (exact) mass is 285 g/mol. The highest BCUT2D eigenvalue weighted by atomic mass is 16.5. The van der Waals surface area contributed by atoms with Crippen LogP contribution in [-0.2, 0) is 6.42 Å². The highest BCUT2D eigenvalue weighted by Gasteiger charge is 2.11. The minimum absolute atomic E-state index is 0.280. The molecule has 1 heterocycles. The maximum atomic E-state index is 5.74. The molecule has 3 heteroatoms. The molecule has 0 saturated carbocycles. The highest BCUT2D eigenvalue weighted by molar-refractivity contribution is 5.29. The second-order valence-corrected chi connectivity index (χ2v) is 6.27. The van der Waals surface area contributed by atoms with Crippen molar-refractivity contribution < 1.29 is 9.47 Å². The van der Waals surface area contributed by atoms with E-state index in [1.165, 1.54) is 5.56 Å². The summed E-state index contributed by atoms with van der Waals surface area (Å²) in [7, 11) is 0. The Kier molecular flexibility index (Phi) is 5.20. The van der Waals surface area contributed by atoms with Crippen molar-refractivity contribution in [3.63, 3.8) is 0 Å². The Hall–Kier alpha value is -2.03. The second kappa shape index (κ2) is 7.11. The maximum absolute atomic E-state index is 5.74. The topological polar surface area (TPSA) is 31.4 Å². The van der Waals surface area contributed by atoms with Crippen LogP contribution in [0.25, 0.3) is 0 Å². The fourth-order valence-corrected chi connectivity index (χ4v) is 2.11. The molecule has 0 spiro atoms. The summed E-state index contributed by atoms with van der Waals surface area (Å²) in [6.45, 7) is 7.75. The Morgan fingerprint density at radius 3 is 2.33 bits per heavy atom. The van der Waals surface area contributed by atoms with E-state index >= 15 is 0 Å². The van der Waals surface area contributed by atoms with Crippen molar-refractivity contribution in [3.8, 4) is 11.5 Å². The zero-order valence-corrected chi connectivity index (χ0v) is 13.0. The molecule has 0 amide bonds. The van der Waals surface area contributed by atoms with Gasteiger partial charge in [0.05, 0.1) is 6.20 Å². The molecule has 0 atom stereocenters. The van der Waals surface area contributed by atoms with Gasteiger partial charge < -0.3 is 9.47 Å². The molecule has 1 aromatic carbocycles. The van der Waals surface area contributed by atoms with Gasteiger partial charge in [-0.3, -0.25) is 4.98 Å². The summed E-state index contributed by atoms with van der Waals surface area (Å²) >= 11 is 0. The predicted molar refractivity (Wildman–Crippen MR) is 84.8 cm³/mol. The van der Waals surface area contributed by atoms with Crippen LogP contribution in [0.15, 0.2) is 48.8 Å². The summed E-state index contributed by atoms with van der Waals surface area (Å²) in [4.78, 5) is 4.00. The zero-order valence-electron chi connectivity index (χ0n) is 13.0. The molecule has 21 heavy (non-hydrogen) atoms. The minimum atomic E-state index is 0.280. The standard InChI is InChI=1S/C18H23NO2/c1-18(2,3)13-15-6-4-7-16(12-15)20-10-11-21-17-8-5-9-19-14-17/h4-9,12,14H,10-11,13H2,1-3H3. The van der Waals surface area contributed by atoms with Crippen molar-refractivity contribution in [1.82, 2.24) is 4.98 Å². The lowest BCUT2D eigenvalue weighted by Gasteiger charge is -2.18. The smallest absolute Gasteiger partial charge is 0.137 e. The summed E-state index contributed by atoms with van der Waals surface area (Å²) in [5.74, 6) is 1.66. The molecule has 2 rings (SSSR count). The van der Waals surface area contributed by atoms with E-state index in [-0.39, 0.29) is 5.41 Å². The van der Waals surface area contributed by atoms with E-state index in [0.29, 0.717) is 13.2 Å². The van der Waals surface area contributed by atoms with Crippen molar-refractivity contribution in [3.05, 3.63) is 54.4 Å². The molecule has 1 aromatic heterocycles. The molecule has 0 aliphatic heterocycles. The van der Waals surface area contributed by atoms with Gasteiger partial charge in [0.25, 0.3) is 0 Å². The van der Waals surface area contributed by atoms with Gasteiger partial charge in [0, 0.05) is 6.20 Å². The van der Waals surface area contributed by atoms with Gasteiger partial charge in [0.1, 0.15) is 24.7 Å². The Bertz CT molecular complexity index is 547. The molecule has 0 unspecified atom stereocenters. The first-order chi connectivity index (χ1) is 10.0. The van der Waals surface area contributed by atoms with Crippen molar-refractivity contribution >= 4 is 0 Å². The molecule has 2 aromatic rings. The van der Waals surface area contributed by atoms with Crippen LogP contribution in [0.5, 0.6) is 11.5 Å². The van der Waals surface area contributed by atoms with E-state index < -0.39 is 0 Å². The third-order valence-electron chi connectivity index (χ3n) is 2.89. The lowest BCUT2D eigenvalue weighted by atomic mass is 9.88. The first-order valence-electron chi connectivity index (χ1n) is 7.27. The van der Waals surface area contributed by atoms with Gasteiger partial charge in [-0.1, -0.05) is 32.9 Å². The number of ether oxygens (including phenoxy) is 2. The molecule has 0 radical (unpaired) electrons. The molecule has 0 aliphatic carbocycles. The fourth-order valence-electron chi connectivity index (χ4n) is 2.11. The number of nitrogens with zero attached hydrogens (tertiary/aromatic N) is 1. The normalized spacial score (nSPS) is 11.2. The van der Waals surface area contributed by atoms with Crippen LogP contribution >= 0.6 is 0 Å². The summed E-state index contributed by atoms with van der Waals surface area (Å²) in [5, 5.41) is 0. The molecule has 0 aliphatic rings. The molecule has 0 fully saturated rings. The molecule has 0 saturated heterocycles. The number of rotatable bonds is 6. The molecular weight excluding hydrogens is 262 g/mol. The van der Waals surface area contributed by atoms with Crippen molar-refractivity contribution in [2.75, 3.05) is 13.2 Å². The third kappa shape index (κ3) is 5.86. The van der Waals surface area contributed by atoms with Gasteiger partial charge in [-0.2, -0.15) is 0 Å². The van der Waals surface area contributed by atoms with E-state index in [1.54, 1.807) is 12.4 Å². The maximum Gasteiger partial charge on any atom is 0.137 e. The highest BCUT2D eigenvalue weighted by Crippen LogP contribution is 2.23. The van der Waals surface area contributed by atoms with Crippen molar-refractivity contribution in [2.24, 2.45) is 5.41 Å². The number of hydrogen-bond donors (Lipinski definition) is 0. The quantitative estimate of drug-likeness (QED) is 0.748. The van der Waals surface area contributed by atoms with Crippen LogP contribution < -0.4 is 9.47 Å². The summed E-state index contributed by atoms with van der Waals surface area (Å²) in [6.07, 6.45) is 4.46. The first kappa shape index (κ1) is 15.4. The van der Waals surface area contributed by atoms with Gasteiger partial charge in [-0.15, -0.1) is 0 Å². The van der Waals surface area contributed by atoms with E-state index in [1.807, 2.05) is 24.3 Å². The Morgan fingerprint density at radius 1 is 0.952 bits per heavy atom. The SMILES string of the molecule is CC(C)(C)Cc1cccc(OCCOc2cccnc2)c1. The van der Waals surface area contributed by atoms with Gasteiger partial charge >= 0.3 is 0 Å². The number of benzene rings is 1. The molecule has 112 valence electrons. The van der Waals surface area contributed by atoms with Gasteiger partial charge in [-0.25, -0.2) is 0 Å². The lowest BCUT2D eigenvalue weighted by molar-refractivity contribution is 0.216. The third-order valence-corrected chi connectivity index (χ3v) is 2.89. The van der Waals surface area contributed by atoms with Crippen molar-refractivity contribution in [2.45, 2.75) is 27.2 Å². The second-order valence-electron chi connectivity index (χ2n) is 6.27. The van der Waals surface area contributed by atoms with Gasteiger partial charge in [0.15, 0.2) is 0 Å². The van der Waals surface area contributed by atoms with Crippen LogP contribution in [0.2, 0.25) is 0 Å². The van der Waals surface area contributed by atoms with E-state index in [9.17, 15) is 0 Å². The van der Waals surface area contributed by atoms with E-state index in [2.05, 4.69) is 37.9 Å². The largest absolute Gasteiger partial charge is 0.490 e. The van der Waals surface area contributed by atoms with Crippen LogP contribution in [0.1, 0.15) is 26.3 Å². The van der Waals surface area contributed by atoms with Gasteiger partial charge in [0.2, 0.25) is 0 Å². The number of aromatic nitrogens is 1. The van der Waals surface area contributed by atoms with E-state index in [0.717, 1.165) is 17.9 Å². The van der Waals surface area contributed by atoms with Crippen LogP contribution in [0, 0.1) is 5.41 Å². The van der Waals surface area contributed by atoms with Crippen LogP contribution in [0.4, 0.5) is 0 Å². The minimum Gasteiger partial charge on any atom is -0.490 e. The number of hydrogen-bond acceptors (Lipinski definition) is 3. The molecule has 0 bridgehead atoms. The molecule has 0 N–H and O–H groups in total. The lowest BCUT2D eigenvalue weighted by Crippen LogP contribution is -2.11. The fraction of sp³-hybridized carbons (Fsp3) is 0.389. The molecular formula is C18H23NO2. The first-order valence-corrected chi connectivity index (χ1v) is 7.27. The van der Waals surface area contributed by atoms with Crippen molar-refractivity contribution in [1.29, 1.82) is 0 Å². The van der Waals surface area contributed by atoms with Gasteiger partial charge in [-0.05, 0) is 41.7 Å². The Morgan fingerprint density at radius 2 is 1.67 bits per heavy atom. The Labute approximate surface area is 126 Å². The number of pyridine rings is 1. The van der Waals surface area contributed by atoms with Crippen LogP contribution in [0.3, 0.4) is 0 Å². The summed E-state index contributed by atoms with van der Waals surface area (Å²) < 4.78 is 11.3. The predicted octanol–water partition coefficient (Wildman–Crippen LogP) is 4.13. The summed E-state index contributed by atoms with van der Waals surface area (Å²) in [5.41, 5.74) is 1.58. The zero-order chi connectivity index (χ0) is 15.1. The van der Waals surface area contributed by atoms with Crippen LogP contribution in [-0.4, -0.2) is 18.2 Å². The van der Waals surface area contributed by atoms with E-state index in [4.69, 9.17) is 9.47 Å².